The summed E-state index contributed by atoms with van der Waals surface area (Å²) in [6.45, 7) is 5.97. The Kier molecular flexibility index (Phi) is 5.80. The van der Waals surface area contributed by atoms with E-state index in [4.69, 9.17) is 14.2 Å². The van der Waals surface area contributed by atoms with Gasteiger partial charge in [-0.1, -0.05) is 12.2 Å². The summed E-state index contributed by atoms with van der Waals surface area (Å²) in [5.41, 5.74) is 3.69. The van der Waals surface area contributed by atoms with Crippen LogP contribution in [0.3, 0.4) is 0 Å². The number of nitrogens with one attached hydrogen (secondary N) is 2. The molecule has 32 heavy (non-hydrogen) atoms. The molecule has 2 aromatic rings. The molecule has 1 aliphatic heterocycles. The summed E-state index contributed by atoms with van der Waals surface area (Å²) >= 11 is 0. The first-order valence-corrected chi connectivity index (χ1v) is 10.9. The molecule has 0 radical (unpaired) electrons. The van der Waals surface area contributed by atoms with Gasteiger partial charge in [0, 0.05) is 22.7 Å². The third-order valence-electron chi connectivity index (χ3n) is 6.16. The molecule has 2 N–H and O–H groups in total. The van der Waals surface area contributed by atoms with Gasteiger partial charge in [-0.05, 0) is 74.6 Å². The van der Waals surface area contributed by atoms with Crippen LogP contribution in [0.1, 0.15) is 60.6 Å². The number of anilines is 1. The molecule has 0 saturated heterocycles. The maximum atomic E-state index is 12.7. The fourth-order valence-electron chi connectivity index (χ4n) is 4.76. The molecular weight excluding hydrogens is 404 g/mol. The van der Waals surface area contributed by atoms with Crippen molar-refractivity contribution in [3.05, 3.63) is 59.2 Å². The molecule has 2 aliphatic rings. The van der Waals surface area contributed by atoms with Crippen LogP contribution in [-0.4, -0.2) is 32.8 Å². The normalized spacial score (nSPS) is 21.2. The predicted octanol–water partition coefficient (Wildman–Crippen LogP) is 5.07. The van der Waals surface area contributed by atoms with Gasteiger partial charge in [-0.3, -0.25) is 4.79 Å². The van der Waals surface area contributed by atoms with Crippen LogP contribution in [-0.2, 0) is 0 Å². The molecular formula is C26H32N2O4. The van der Waals surface area contributed by atoms with Crippen LogP contribution in [0, 0.1) is 5.92 Å². The minimum Gasteiger partial charge on any atom is -0.493 e. The van der Waals surface area contributed by atoms with Gasteiger partial charge in [0.2, 0.25) is 5.75 Å². The third kappa shape index (κ3) is 4.01. The maximum absolute atomic E-state index is 12.7. The van der Waals surface area contributed by atoms with E-state index < -0.39 is 0 Å². The van der Waals surface area contributed by atoms with E-state index in [2.05, 4.69) is 22.8 Å². The van der Waals surface area contributed by atoms with Gasteiger partial charge in [0.15, 0.2) is 11.5 Å². The Bertz CT molecular complexity index is 1030. The first kappa shape index (κ1) is 22.1. The monoisotopic (exact) mass is 436 g/mol. The van der Waals surface area contributed by atoms with E-state index in [1.807, 2.05) is 51.1 Å². The molecule has 6 nitrogen and oxygen atoms in total. The van der Waals surface area contributed by atoms with Crippen molar-refractivity contribution in [1.82, 2.24) is 5.32 Å². The number of amides is 1. The van der Waals surface area contributed by atoms with Crippen LogP contribution in [0.5, 0.6) is 17.2 Å². The SMILES string of the molecule is COc1cc(C2Nc3ccc(C(=O)NC(C)(C)C)cc3C3C=CCC32)cc(OC)c1OC. The number of ether oxygens (including phenoxy) is 3. The van der Waals surface area contributed by atoms with Crippen molar-refractivity contribution in [2.75, 3.05) is 26.6 Å². The minimum absolute atomic E-state index is 0.0504. The maximum Gasteiger partial charge on any atom is 0.251 e. The topological polar surface area (TPSA) is 68.8 Å². The van der Waals surface area contributed by atoms with Gasteiger partial charge < -0.3 is 24.8 Å². The van der Waals surface area contributed by atoms with Crippen molar-refractivity contribution in [1.29, 1.82) is 0 Å². The summed E-state index contributed by atoms with van der Waals surface area (Å²) in [7, 11) is 4.88. The zero-order valence-corrected chi connectivity index (χ0v) is 19.6. The number of fused-ring (bicyclic) bond motifs is 3. The van der Waals surface area contributed by atoms with Gasteiger partial charge in [0.05, 0.1) is 27.4 Å². The van der Waals surface area contributed by atoms with Crippen molar-refractivity contribution in [3.8, 4) is 17.2 Å². The van der Waals surface area contributed by atoms with Gasteiger partial charge in [-0.25, -0.2) is 0 Å². The number of benzene rings is 2. The lowest BCUT2D eigenvalue weighted by Crippen LogP contribution is -2.40. The molecule has 1 heterocycles. The van der Waals surface area contributed by atoms with Crippen LogP contribution in [0.25, 0.3) is 0 Å². The highest BCUT2D eigenvalue weighted by Gasteiger charge is 2.39. The molecule has 170 valence electrons. The van der Waals surface area contributed by atoms with E-state index in [1.54, 1.807) is 21.3 Å². The lowest BCUT2D eigenvalue weighted by Gasteiger charge is -2.38. The van der Waals surface area contributed by atoms with Gasteiger partial charge in [0.1, 0.15) is 0 Å². The third-order valence-corrected chi connectivity index (χ3v) is 6.16. The zero-order chi connectivity index (χ0) is 23.0. The van der Waals surface area contributed by atoms with Gasteiger partial charge in [-0.15, -0.1) is 0 Å². The quantitative estimate of drug-likeness (QED) is 0.641. The Hall–Kier alpha value is -3.15. The minimum atomic E-state index is -0.279. The van der Waals surface area contributed by atoms with Crippen molar-refractivity contribution < 1.29 is 19.0 Å². The van der Waals surface area contributed by atoms with E-state index in [1.165, 1.54) is 0 Å². The predicted molar refractivity (Wildman–Crippen MR) is 126 cm³/mol. The summed E-state index contributed by atoms with van der Waals surface area (Å²) in [5.74, 6) is 2.39. The smallest absolute Gasteiger partial charge is 0.251 e. The molecule has 3 atom stereocenters. The highest BCUT2D eigenvalue weighted by atomic mass is 16.5. The molecule has 1 aliphatic carbocycles. The first-order chi connectivity index (χ1) is 15.3. The van der Waals surface area contributed by atoms with E-state index in [0.717, 1.165) is 23.2 Å². The fraction of sp³-hybridized carbons (Fsp3) is 0.423. The molecule has 0 saturated carbocycles. The summed E-state index contributed by atoms with van der Waals surface area (Å²) in [4.78, 5) is 12.7. The van der Waals surface area contributed by atoms with Crippen LogP contribution in [0.4, 0.5) is 5.69 Å². The van der Waals surface area contributed by atoms with Crippen molar-refractivity contribution >= 4 is 11.6 Å². The highest BCUT2D eigenvalue weighted by Crippen LogP contribution is 2.51. The second-order valence-corrected chi connectivity index (χ2v) is 9.44. The van der Waals surface area contributed by atoms with Crippen LogP contribution >= 0.6 is 0 Å². The summed E-state index contributed by atoms with van der Waals surface area (Å²) in [6.07, 6.45) is 5.45. The molecule has 6 heteroatoms. The highest BCUT2D eigenvalue weighted by molar-refractivity contribution is 5.95. The lowest BCUT2D eigenvalue weighted by molar-refractivity contribution is 0.0919. The van der Waals surface area contributed by atoms with E-state index >= 15 is 0 Å². The Morgan fingerprint density at radius 2 is 1.72 bits per heavy atom. The Morgan fingerprint density at radius 3 is 2.31 bits per heavy atom. The molecule has 1 amide bonds. The molecule has 0 fully saturated rings. The first-order valence-electron chi connectivity index (χ1n) is 10.9. The Morgan fingerprint density at radius 1 is 1.03 bits per heavy atom. The number of methoxy groups -OCH3 is 3. The number of carbonyl (C=O) groups is 1. The number of carbonyl (C=O) groups excluding carboxylic acids is 1. The van der Waals surface area contributed by atoms with E-state index in [9.17, 15) is 4.79 Å². The molecule has 4 rings (SSSR count). The van der Waals surface area contributed by atoms with E-state index in [0.29, 0.717) is 28.7 Å². The van der Waals surface area contributed by atoms with Crippen LogP contribution in [0.2, 0.25) is 0 Å². The second-order valence-electron chi connectivity index (χ2n) is 9.44. The van der Waals surface area contributed by atoms with Crippen LogP contribution in [0.15, 0.2) is 42.5 Å². The number of hydrogen-bond donors (Lipinski definition) is 2. The summed E-state index contributed by atoms with van der Waals surface area (Å²) in [5, 5.41) is 6.77. The molecule has 0 bridgehead atoms. The van der Waals surface area contributed by atoms with Gasteiger partial charge in [-0.2, -0.15) is 0 Å². The lowest BCUT2D eigenvalue weighted by atomic mass is 9.76. The number of allylic oxidation sites excluding steroid dienone is 2. The standard InChI is InChI=1S/C26H32N2O4/c1-26(2,3)28-25(29)15-10-11-20-19(12-15)17-8-7-9-18(17)23(27-20)16-13-21(30-4)24(32-6)22(14-16)31-5/h7-8,10-14,17-18,23,27H,9H2,1-6H3,(H,28,29). The average Bonchev–Trinajstić information content (AvgIpc) is 3.26. The average molecular weight is 437 g/mol. The Labute approximate surface area is 189 Å². The fourth-order valence-corrected chi connectivity index (χ4v) is 4.76. The van der Waals surface area contributed by atoms with Gasteiger partial charge in [0.25, 0.3) is 5.91 Å². The van der Waals surface area contributed by atoms with E-state index in [-0.39, 0.29) is 23.4 Å². The van der Waals surface area contributed by atoms with Crippen molar-refractivity contribution in [2.24, 2.45) is 5.92 Å². The second kappa shape index (κ2) is 8.41. The van der Waals surface area contributed by atoms with Crippen molar-refractivity contribution in [2.45, 2.75) is 44.7 Å². The van der Waals surface area contributed by atoms with Crippen LogP contribution < -0.4 is 24.8 Å². The van der Waals surface area contributed by atoms with Crippen molar-refractivity contribution in [3.63, 3.8) is 0 Å². The molecule has 0 aromatic heterocycles. The zero-order valence-electron chi connectivity index (χ0n) is 19.6. The summed E-state index contributed by atoms with van der Waals surface area (Å²) < 4.78 is 16.7. The molecule has 3 unspecified atom stereocenters. The number of rotatable bonds is 5. The summed E-state index contributed by atoms with van der Waals surface area (Å²) in [6, 6.07) is 10.0. The number of hydrogen-bond acceptors (Lipinski definition) is 5. The Balaban J connectivity index is 1.72. The molecule has 2 aromatic carbocycles. The van der Waals surface area contributed by atoms with Gasteiger partial charge >= 0.3 is 0 Å². The largest absolute Gasteiger partial charge is 0.493 e. The molecule has 0 spiro atoms.